The van der Waals surface area contributed by atoms with Crippen molar-refractivity contribution < 1.29 is 9.13 Å². The summed E-state index contributed by atoms with van der Waals surface area (Å²) in [5.41, 5.74) is 1.54. The highest BCUT2D eigenvalue weighted by Gasteiger charge is 2.29. The van der Waals surface area contributed by atoms with Crippen LogP contribution in [0.2, 0.25) is 0 Å². The van der Waals surface area contributed by atoms with Crippen LogP contribution in [0.5, 0.6) is 0 Å². The lowest BCUT2D eigenvalue weighted by molar-refractivity contribution is 0.181. The van der Waals surface area contributed by atoms with E-state index in [9.17, 15) is 4.39 Å². The van der Waals surface area contributed by atoms with E-state index in [-0.39, 0.29) is 17.2 Å². The highest BCUT2D eigenvalue weighted by atomic mass is 32.2. The van der Waals surface area contributed by atoms with Gasteiger partial charge in [-0.2, -0.15) is 11.8 Å². The fourth-order valence-electron chi connectivity index (χ4n) is 2.75. The molecule has 1 atom stereocenters. The van der Waals surface area contributed by atoms with Crippen molar-refractivity contribution in [3.05, 3.63) is 35.1 Å². The molecule has 4 nitrogen and oxygen atoms in total. The molecule has 1 aliphatic rings. The second-order valence-electron chi connectivity index (χ2n) is 6.31. The van der Waals surface area contributed by atoms with Crippen molar-refractivity contribution in [2.75, 3.05) is 26.0 Å². The average Bonchev–Trinajstić information content (AvgIpc) is 3.00. The molecule has 0 amide bonds. The summed E-state index contributed by atoms with van der Waals surface area (Å²) >= 11 is 2.03. The quantitative estimate of drug-likeness (QED) is 0.583. The summed E-state index contributed by atoms with van der Waals surface area (Å²) in [6.07, 6.45) is 2.52. The SMILES string of the molecule is CCNC(=NCc1ccc(F)c(COC)c1)NCC1(C)CCCS1. The van der Waals surface area contributed by atoms with Crippen LogP contribution < -0.4 is 10.6 Å². The summed E-state index contributed by atoms with van der Waals surface area (Å²) in [6, 6.07) is 5.07. The van der Waals surface area contributed by atoms with E-state index in [0.29, 0.717) is 12.1 Å². The van der Waals surface area contributed by atoms with Crippen LogP contribution in [0.1, 0.15) is 37.8 Å². The highest BCUT2D eigenvalue weighted by molar-refractivity contribution is 8.00. The molecule has 6 heteroatoms. The molecule has 2 N–H and O–H groups in total. The van der Waals surface area contributed by atoms with Crippen LogP contribution in [0.4, 0.5) is 4.39 Å². The molecule has 0 saturated carbocycles. The minimum absolute atomic E-state index is 0.235. The van der Waals surface area contributed by atoms with Crippen molar-refractivity contribution in [2.45, 2.75) is 44.6 Å². The van der Waals surface area contributed by atoms with Gasteiger partial charge in [0.15, 0.2) is 5.96 Å². The van der Waals surface area contributed by atoms with Crippen molar-refractivity contribution in [1.29, 1.82) is 0 Å². The Balaban J connectivity index is 1.98. The predicted molar refractivity (Wildman–Crippen MR) is 100 cm³/mol. The molecule has 1 unspecified atom stereocenters. The average molecular weight is 354 g/mol. The zero-order valence-corrected chi connectivity index (χ0v) is 15.6. The molecule has 0 radical (unpaired) electrons. The Morgan fingerprint density at radius 3 is 2.92 bits per heavy atom. The largest absolute Gasteiger partial charge is 0.380 e. The monoisotopic (exact) mass is 353 g/mol. The maximum Gasteiger partial charge on any atom is 0.191 e. The van der Waals surface area contributed by atoms with Gasteiger partial charge in [-0.3, -0.25) is 0 Å². The molecule has 1 aromatic rings. The molecule has 2 rings (SSSR count). The van der Waals surface area contributed by atoms with E-state index in [4.69, 9.17) is 4.74 Å². The van der Waals surface area contributed by atoms with Crippen molar-refractivity contribution >= 4 is 17.7 Å². The van der Waals surface area contributed by atoms with Crippen LogP contribution in [0, 0.1) is 5.82 Å². The van der Waals surface area contributed by atoms with Gasteiger partial charge in [0.2, 0.25) is 0 Å². The fraction of sp³-hybridized carbons (Fsp3) is 0.611. The van der Waals surface area contributed by atoms with Gasteiger partial charge < -0.3 is 15.4 Å². The number of rotatable bonds is 7. The first-order valence-electron chi connectivity index (χ1n) is 8.49. The zero-order valence-electron chi connectivity index (χ0n) is 14.8. The Labute approximate surface area is 148 Å². The van der Waals surface area contributed by atoms with Crippen LogP contribution in [-0.4, -0.2) is 36.7 Å². The predicted octanol–water partition coefficient (Wildman–Crippen LogP) is 3.31. The van der Waals surface area contributed by atoms with Crippen molar-refractivity contribution in [1.82, 2.24) is 10.6 Å². The topological polar surface area (TPSA) is 45.7 Å². The lowest BCUT2D eigenvalue weighted by atomic mass is 10.1. The first kappa shape index (κ1) is 19.1. The number of aliphatic imine (C=N–C) groups is 1. The molecule has 24 heavy (non-hydrogen) atoms. The summed E-state index contributed by atoms with van der Waals surface area (Å²) < 4.78 is 19.0. The number of nitrogens with one attached hydrogen (secondary N) is 2. The number of guanidine groups is 1. The third kappa shape index (κ3) is 5.67. The molecule has 0 spiro atoms. The highest BCUT2D eigenvalue weighted by Crippen LogP contribution is 2.36. The Morgan fingerprint density at radius 1 is 1.42 bits per heavy atom. The van der Waals surface area contributed by atoms with Gasteiger partial charge in [-0.25, -0.2) is 9.38 Å². The van der Waals surface area contributed by atoms with Gasteiger partial charge in [0.05, 0.1) is 13.2 Å². The molecule has 0 aromatic heterocycles. The second-order valence-corrected chi connectivity index (χ2v) is 7.99. The van der Waals surface area contributed by atoms with Gasteiger partial charge >= 0.3 is 0 Å². The lowest BCUT2D eigenvalue weighted by Crippen LogP contribution is -2.43. The van der Waals surface area contributed by atoms with Crippen molar-refractivity contribution in [3.8, 4) is 0 Å². The summed E-state index contributed by atoms with van der Waals surface area (Å²) in [5.74, 6) is 1.81. The number of thioether (sulfide) groups is 1. The van der Waals surface area contributed by atoms with Crippen LogP contribution in [-0.2, 0) is 17.9 Å². The number of benzene rings is 1. The van der Waals surface area contributed by atoms with Crippen LogP contribution in [0.25, 0.3) is 0 Å². The molecule has 1 aliphatic heterocycles. The molecule has 0 bridgehead atoms. The fourth-order valence-corrected chi connectivity index (χ4v) is 4.00. The van der Waals surface area contributed by atoms with Crippen LogP contribution in [0.3, 0.4) is 0 Å². The number of hydrogen-bond donors (Lipinski definition) is 2. The standard InChI is InChI=1S/C18H28FN3OS/c1-4-20-17(22-13-18(2)8-5-9-24-18)21-11-14-6-7-16(19)15(10-14)12-23-3/h6-7,10H,4-5,8-9,11-13H2,1-3H3,(H2,20,21,22). The summed E-state index contributed by atoms with van der Waals surface area (Å²) in [4.78, 5) is 4.63. The molecular formula is C18H28FN3OS. The Morgan fingerprint density at radius 2 is 2.25 bits per heavy atom. The molecule has 1 aromatic carbocycles. The first-order valence-corrected chi connectivity index (χ1v) is 9.47. The summed E-state index contributed by atoms with van der Waals surface area (Å²) in [7, 11) is 1.57. The lowest BCUT2D eigenvalue weighted by Gasteiger charge is -2.24. The van der Waals surface area contributed by atoms with E-state index < -0.39 is 0 Å². The molecule has 1 heterocycles. The molecular weight excluding hydrogens is 325 g/mol. The smallest absolute Gasteiger partial charge is 0.191 e. The van der Waals surface area contributed by atoms with Crippen molar-refractivity contribution in [2.24, 2.45) is 4.99 Å². The third-order valence-electron chi connectivity index (χ3n) is 4.10. The molecule has 1 saturated heterocycles. The van der Waals surface area contributed by atoms with E-state index in [2.05, 4.69) is 29.5 Å². The number of ether oxygens (including phenoxy) is 1. The normalized spacial score (nSPS) is 21.1. The molecule has 1 fully saturated rings. The Hall–Kier alpha value is -1.27. The molecule has 134 valence electrons. The van der Waals surface area contributed by atoms with Gasteiger partial charge in [0.25, 0.3) is 0 Å². The number of halogens is 1. The second kappa shape index (κ2) is 9.28. The Bertz CT molecular complexity index is 559. The van der Waals surface area contributed by atoms with Crippen LogP contribution >= 0.6 is 11.8 Å². The van der Waals surface area contributed by atoms with Gasteiger partial charge in [-0.1, -0.05) is 6.07 Å². The van der Waals surface area contributed by atoms with Gasteiger partial charge in [0, 0.05) is 30.5 Å². The summed E-state index contributed by atoms with van der Waals surface area (Å²) in [6.45, 7) is 6.86. The first-order chi connectivity index (χ1) is 11.6. The minimum Gasteiger partial charge on any atom is -0.380 e. The minimum atomic E-state index is -0.235. The number of nitrogens with zero attached hydrogens (tertiary/aromatic N) is 1. The molecule has 0 aliphatic carbocycles. The number of methoxy groups -OCH3 is 1. The van der Waals surface area contributed by atoms with Gasteiger partial charge in [-0.15, -0.1) is 0 Å². The maximum absolute atomic E-state index is 13.7. The Kier molecular flexibility index (Phi) is 7.37. The third-order valence-corrected chi connectivity index (χ3v) is 5.64. The van der Waals surface area contributed by atoms with E-state index in [1.807, 2.05) is 17.8 Å². The van der Waals surface area contributed by atoms with E-state index in [1.54, 1.807) is 13.2 Å². The van der Waals surface area contributed by atoms with E-state index in [0.717, 1.165) is 24.6 Å². The van der Waals surface area contributed by atoms with Gasteiger partial charge in [-0.05, 0) is 50.1 Å². The summed E-state index contributed by atoms with van der Waals surface area (Å²) in [5, 5.41) is 6.72. The zero-order chi connectivity index (χ0) is 17.4. The number of hydrogen-bond acceptors (Lipinski definition) is 3. The van der Waals surface area contributed by atoms with E-state index in [1.165, 1.54) is 24.7 Å². The maximum atomic E-state index is 13.7. The van der Waals surface area contributed by atoms with Crippen molar-refractivity contribution in [3.63, 3.8) is 0 Å². The van der Waals surface area contributed by atoms with Gasteiger partial charge in [0.1, 0.15) is 5.82 Å². The van der Waals surface area contributed by atoms with E-state index >= 15 is 0 Å². The van der Waals surface area contributed by atoms with Crippen LogP contribution in [0.15, 0.2) is 23.2 Å².